The van der Waals surface area contributed by atoms with Crippen molar-refractivity contribution in [3.63, 3.8) is 0 Å². The number of benzene rings is 2. The van der Waals surface area contributed by atoms with Crippen LogP contribution >= 0.6 is 0 Å². The van der Waals surface area contributed by atoms with Gasteiger partial charge >= 0.3 is 0 Å². The summed E-state index contributed by atoms with van der Waals surface area (Å²) in [6, 6.07) is 13.4. The molecule has 1 amide bonds. The Balaban J connectivity index is 1.76. The molecule has 0 unspecified atom stereocenters. The summed E-state index contributed by atoms with van der Waals surface area (Å²) in [6.07, 6.45) is 5.32. The van der Waals surface area contributed by atoms with Gasteiger partial charge in [-0.1, -0.05) is 18.2 Å². The van der Waals surface area contributed by atoms with Crippen LogP contribution in [0.2, 0.25) is 0 Å². The highest BCUT2D eigenvalue weighted by atomic mass is 19.1. The van der Waals surface area contributed by atoms with Crippen LogP contribution in [0.1, 0.15) is 34.1 Å². The average Bonchev–Trinajstić information content (AvgIpc) is 2.83. The second-order valence-corrected chi connectivity index (χ2v) is 7.19. The number of aliphatic imine (C=N–C) groups is 1. The third-order valence-electron chi connectivity index (χ3n) is 5.03. The molecule has 3 aromatic rings. The van der Waals surface area contributed by atoms with Crippen molar-refractivity contribution in [1.29, 1.82) is 0 Å². The molecule has 0 atom stereocenters. The van der Waals surface area contributed by atoms with Gasteiger partial charge in [0.1, 0.15) is 11.5 Å². The summed E-state index contributed by atoms with van der Waals surface area (Å²) in [7, 11) is 3.11. The lowest BCUT2D eigenvalue weighted by atomic mass is 10.1. The first kappa shape index (κ1) is 23.7. The molecule has 3 rings (SSSR count). The number of carbonyl (C=O) groups excluding carboxylic acids is 1. The number of ether oxygens (including phenoxy) is 2. The second kappa shape index (κ2) is 11.0. The second-order valence-electron chi connectivity index (χ2n) is 7.19. The molecule has 1 aromatic heterocycles. The van der Waals surface area contributed by atoms with E-state index in [0.29, 0.717) is 22.6 Å². The molecule has 0 saturated heterocycles. The van der Waals surface area contributed by atoms with E-state index < -0.39 is 5.82 Å². The SMILES string of the molecule is C/C=C(\C=NC)c1cc(Oc2cccc(C(=O)NCc3ccc(F)c(OC)c3)c2C)ccn1. The summed E-state index contributed by atoms with van der Waals surface area (Å²) in [5.41, 5.74) is 3.54. The molecular formula is C26H26FN3O3. The molecule has 0 aliphatic rings. The molecule has 0 fully saturated rings. The van der Waals surface area contributed by atoms with Gasteiger partial charge in [0.15, 0.2) is 11.6 Å². The van der Waals surface area contributed by atoms with E-state index in [0.717, 1.165) is 16.8 Å². The summed E-state index contributed by atoms with van der Waals surface area (Å²) in [5.74, 6) is 0.594. The van der Waals surface area contributed by atoms with Crippen molar-refractivity contribution < 1.29 is 18.7 Å². The van der Waals surface area contributed by atoms with Crippen LogP contribution in [0.4, 0.5) is 4.39 Å². The van der Waals surface area contributed by atoms with Gasteiger partial charge < -0.3 is 14.8 Å². The Bertz CT molecular complexity index is 1210. The highest BCUT2D eigenvalue weighted by molar-refractivity contribution is 6.08. The molecule has 1 heterocycles. The monoisotopic (exact) mass is 447 g/mol. The minimum Gasteiger partial charge on any atom is -0.494 e. The third kappa shape index (κ3) is 5.83. The number of hydrogen-bond donors (Lipinski definition) is 1. The van der Waals surface area contributed by atoms with E-state index in [4.69, 9.17) is 9.47 Å². The molecule has 0 saturated carbocycles. The molecular weight excluding hydrogens is 421 g/mol. The first-order valence-electron chi connectivity index (χ1n) is 10.4. The predicted molar refractivity (Wildman–Crippen MR) is 128 cm³/mol. The van der Waals surface area contributed by atoms with E-state index in [1.165, 1.54) is 13.2 Å². The topological polar surface area (TPSA) is 72.8 Å². The summed E-state index contributed by atoms with van der Waals surface area (Å²) in [4.78, 5) is 21.2. The molecule has 6 nitrogen and oxygen atoms in total. The van der Waals surface area contributed by atoms with E-state index in [1.807, 2.05) is 26.0 Å². The Morgan fingerprint density at radius 3 is 2.73 bits per heavy atom. The van der Waals surface area contributed by atoms with Crippen molar-refractivity contribution in [1.82, 2.24) is 10.3 Å². The van der Waals surface area contributed by atoms with E-state index in [2.05, 4.69) is 15.3 Å². The molecule has 1 N–H and O–H groups in total. The zero-order chi connectivity index (χ0) is 23.8. The lowest BCUT2D eigenvalue weighted by Gasteiger charge is -2.13. The Morgan fingerprint density at radius 2 is 2.00 bits per heavy atom. The van der Waals surface area contributed by atoms with Gasteiger partial charge in [0.25, 0.3) is 5.91 Å². The number of allylic oxidation sites excluding steroid dienone is 2. The van der Waals surface area contributed by atoms with Crippen LogP contribution in [0.3, 0.4) is 0 Å². The van der Waals surface area contributed by atoms with Gasteiger partial charge in [-0.15, -0.1) is 0 Å². The molecule has 33 heavy (non-hydrogen) atoms. The number of halogens is 1. The largest absolute Gasteiger partial charge is 0.494 e. The molecule has 0 bridgehead atoms. The van der Waals surface area contributed by atoms with Crippen LogP contribution in [0.15, 0.2) is 65.8 Å². The van der Waals surface area contributed by atoms with Gasteiger partial charge in [0, 0.05) is 48.8 Å². The Labute approximate surface area is 192 Å². The van der Waals surface area contributed by atoms with Crippen molar-refractivity contribution in [2.45, 2.75) is 20.4 Å². The summed E-state index contributed by atoms with van der Waals surface area (Å²) in [6.45, 7) is 3.98. The van der Waals surface area contributed by atoms with Gasteiger partial charge in [-0.2, -0.15) is 0 Å². The number of methoxy groups -OCH3 is 1. The molecule has 2 aromatic carbocycles. The Kier molecular flexibility index (Phi) is 7.91. The standard InChI is InChI=1S/C26H26FN3O3/c1-5-19(16-28-3)23-14-20(11-12-29-23)33-24-8-6-7-21(17(24)2)26(31)30-15-18-9-10-22(27)25(13-18)32-4/h5-14,16H,15H2,1-4H3,(H,30,31)/b19-5+,28-16?. The van der Waals surface area contributed by atoms with Crippen LogP contribution in [0, 0.1) is 12.7 Å². The number of nitrogens with zero attached hydrogens (tertiary/aromatic N) is 2. The molecule has 0 spiro atoms. The van der Waals surface area contributed by atoms with Crippen LogP contribution in [0.25, 0.3) is 5.57 Å². The van der Waals surface area contributed by atoms with E-state index >= 15 is 0 Å². The van der Waals surface area contributed by atoms with Crippen LogP contribution in [0.5, 0.6) is 17.2 Å². The maximum atomic E-state index is 13.6. The lowest BCUT2D eigenvalue weighted by Crippen LogP contribution is -2.23. The van der Waals surface area contributed by atoms with Crippen molar-refractivity contribution in [2.75, 3.05) is 14.2 Å². The maximum absolute atomic E-state index is 13.6. The van der Waals surface area contributed by atoms with E-state index in [1.54, 1.807) is 55.9 Å². The summed E-state index contributed by atoms with van der Waals surface area (Å²) >= 11 is 0. The molecule has 0 aliphatic heterocycles. The van der Waals surface area contributed by atoms with Gasteiger partial charge in [0.05, 0.1) is 12.8 Å². The van der Waals surface area contributed by atoms with E-state index in [9.17, 15) is 9.18 Å². The minimum absolute atomic E-state index is 0.135. The fourth-order valence-electron chi connectivity index (χ4n) is 3.25. The highest BCUT2D eigenvalue weighted by Crippen LogP contribution is 2.28. The maximum Gasteiger partial charge on any atom is 0.251 e. The highest BCUT2D eigenvalue weighted by Gasteiger charge is 2.14. The minimum atomic E-state index is -0.448. The molecule has 7 heteroatoms. The van der Waals surface area contributed by atoms with Crippen molar-refractivity contribution in [3.8, 4) is 17.2 Å². The number of nitrogens with one attached hydrogen (secondary N) is 1. The molecule has 170 valence electrons. The number of amides is 1. The van der Waals surface area contributed by atoms with Gasteiger partial charge in [-0.3, -0.25) is 14.8 Å². The van der Waals surface area contributed by atoms with Crippen LogP contribution in [-0.2, 0) is 6.54 Å². The quantitative estimate of drug-likeness (QED) is 0.472. The number of rotatable bonds is 8. The molecule has 0 radical (unpaired) electrons. The van der Waals surface area contributed by atoms with E-state index in [-0.39, 0.29) is 18.2 Å². The van der Waals surface area contributed by atoms with Crippen LogP contribution in [-0.4, -0.2) is 31.3 Å². The van der Waals surface area contributed by atoms with Crippen molar-refractivity contribution in [3.05, 3.63) is 89.0 Å². The third-order valence-corrected chi connectivity index (χ3v) is 5.03. The molecule has 0 aliphatic carbocycles. The number of hydrogen-bond acceptors (Lipinski definition) is 5. The smallest absolute Gasteiger partial charge is 0.251 e. The number of aromatic nitrogens is 1. The number of carbonyl (C=O) groups is 1. The van der Waals surface area contributed by atoms with Gasteiger partial charge in [-0.25, -0.2) is 4.39 Å². The average molecular weight is 448 g/mol. The normalized spacial score (nSPS) is 11.5. The summed E-state index contributed by atoms with van der Waals surface area (Å²) < 4.78 is 24.7. The first-order valence-corrected chi connectivity index (χ1v) is 10.4. The Hall–Kier alpha value is -4.00. The predicted octanol–water partition coefficient (Wildman–Crippen LogP) is 5.36. The lowest BCUT2D eigenvalue weighted by molar-refractivity contribution is 0.0950. The Morgan fingerprint density at radius 1 is 1.18 bits per heavy atom. The fourth-order valence-corrected chi connectivity index (χ4v) is 3.25. The van der Waals surface area contributed by atoms with Crippen molar-refractivity contribution in [2.24, 2.45) is 4.99 Å². The zero-order valence-corrected chi connectivity index (χ0v) is 19.1. The zero-order valence-electron chi connectivity index (χ0n) is 19.1. The van der Waals surface area contributed by atoms with Gasteiger partial charge in [0.2, 0.25) is 0 Å². The first-order chi connectivity index (χ1) is 16.0. The van der Waals surface area contributed by atoms with Crippen LogP contribution < -0.4 is 14.8 Å². The van der Waals surface area contributed by atoms with Gasteiger partial charge in [-0.05, 0) is 49.7 Å². The van der Waals surface area contributed by atoms with Crippen molar-refractivity contribution >= 4 is 17.7 Å². The summed E-state index contributed by atoms with van der Waals surface area (Å²) in [5, 5.41) is 2.86. The fraction of sp³-hybridized carbons (Fsp3) is 0.192. The number of pyridine rings is 1.